The number of carbonyl (C=O) groups is 1. The summed E-state index contributed by atoms with van der Waals surface area (Å²) in [5, 5.41) is 10.3. The third-order valence-electron chi connectivity index (χ3n) is 4.70. The minimum atomic E-state index is -0.781. The lowest BCUT2D eigenvalue weighted by Crippen LogP contribution is -2.37. The first-order valence-corrected chi connectivity index (χ1v) is 7.22. The summed E-state index contributed by atoms with van der Waals surface area (Å²) in [6.45, 7) is 1.35. The van der Waals surface area contributed by atoms with Crippen molar-refractivity contribution in [3.05, 3.63) is 35.9 Å². The molecule has 102 valence electrons. The Kier molecular flexibility index (Phi) is 3.31. The fraction of sp³-hybridized carbons (Fsp3) is 0.562. The smallest absolute Gasteiger partial charge is 0.252 e. The van der Waals surface area contributed by atoms with E-state index in [1.54, 1.807) is 0 Å². The number of rotatable bonds is 2. The minimum absolute atomic E-state index is 0.0780. The molecule has 1 aliphatic heterocycles. The standard InChI is InChI=1S/C16H21NO2/c18-14-15(19)17(11-13-7-3-1-4-8-13)12-16(14)9-5-2-6-10-16/h1,3-4,7-8,14,18H,2,5-6,9-12H2/t14-/m0/s1. The average molecular weight is 259 g/mol. The molecule has 1 aromatic rings. The molecule has 2 aliphatic rings. The summed E-state index contributed by atoms with van der Waals surface area (Å²) in [7, 11) is 0. The molecule has 3 heteroatoms. The molecule has 1 saturated carbocycles. The highest BCUT2D eigenvalue weighted by molar-refractivity contribution is 5.84. The molecule has 1 aliphatic carbocycles. The quantitative estimate of drug-likeness (QED) is 0.885. The number of carbonyl (C=O) groups excluding carboxylic acids is 1. The van der Waals surface area contributed by atoms with Crippen LogP contribution in [-0.2, 0) is 11.3 Å². The van der Waals surface area contributed by atoms with Gasteiger partial charge >= 0.3 is 0 Å². The molecule has 3 nitrogen and oxygen atoms in total. The summed E-state index contributed by atoms with van der Waals surface area (Å²) in [5.74, 6) is -0.0780. The van der Waals surface area contributed by atoms with Crippen LogP contribution in [0.1, 0.15) is 37.7 Å². The van der Waals surface area contributed by atoms with E-state index in [0.717, 1.165) is 37.8 Å². The molecule has 1 amide bonds. The maximum Gasteiger partial charge on any atom is 0.252 e. The molecule has 1 aromatic carbocycles. The lowest BCUT2D eigenvalue weighted by Gasteiger charge is -2.34. The zero-order valence-electron chi connectivity index (χ0n) is 11.2. The van der Waals surface area contributed by atoms with E-state index in [1.165, 1.54) is 6.42 Å². The summed E-state index contributed by atoms with van der Waals surface area (Å²) in [5.41, 5.74) is 0.973. The molecule has 2 fully saturated rings. The predicted molar refractivity (Wildman–Crippen MR) is 73.4 cm³/mol. The van der Waals surface area contributed by atoms with Crippen LogP contribution in [0.15, 0.2) is 30.3 Å². The molecule has 1 saturated heterocycles. The highest BCUT2D eigenvalue weighted by Gasteiger charge is 2.51. The second-order valence-corrected chi connectivity index (χ2v) is 6.01. The van der Waals surface area contributed by atoms with E-state index in [4.69, 9.17) is 0 Å². The SMILES string of the molecule is O=C1[C@H](O)C2(CCCCC2)CN1Cc1ccccc1. The van der Waals surface area contributed by atoms with Gasteiger partial charge < -0.3 is 10.0 Å². The first-order valence-electron chi connectivity index (χ1n) is 7.22. The van der Waals surface area contributed by atoms with Gasteiger partial charge in [0.25, 0.3) is 5.91 Å². The van der Waals surface area contributed by atoms with E-state index in [2.05, 4.69) is 0 Å². The van der Waals surface area contributed by atoms with Crippen LogP contribution < -0.4 is 0 Å². The Morgan fingerprint density at radius 3 is 2.53 bits per heavy atom. The summed E-state index contributed by atoms with van der Waals surface area (Å²) in [4.78, 5) is 14.1. The number of benzene rings is 1. The van der Waals surface area contributed by atoms with Crippen LogP contribution in [0.5, 0.6) is 0 Å². The monoisotopic (exact) mass is 259 g/mol. The van der Waals surface area contributed by atoms with Gasteiger partial charge in [-0.1, -0.05) is 49.6 Å². The molecule has 1 heterocycles. The van der Waals surface area contributed by atoms with Gasteiger partial charge in [-0.05, 0) is 18.4 Å². The van der Waals surface area contributed by atoms with Crippen LogP contribution in [-0.4, -0.2) is 28.6 Å². The largest absolute Gasteiger partial charge is 0.383 e. The molecule has 0 unspecified atom stereocenters. The van der Waals surface area contributed by atoms with Gasteiger partial charge in [-0.2, -0.15) is 0 Å². The maximum absolute atomic E-state index is 12.3. The first kappa shape index (κ1) is 12.7. The van der Waals surface area contributed by atoms with E-state index >= 15 is 0 Å². The fourth-order valence-electron chi connectivity index (χ4n) is 3.60. The maximum atomic E-state index is 12.3. The lowest BCUT2D eigenvalue weighted by molar-refractivity contribution is -0.137. The third kappa shape index (κ3) is 2.27. The van der Waals surface area contributed by atoms with Gasteiger partial charge in [0.2, 0.25) is 0 Å². The van der Waals surface area contributed by atoms with Crippen molar-refractivity contribution in [1.29, 1.82) is 0 Å². The summed E-state index contributed by atoms with van der Waals surface area (Å²) in [6, 6.07) is 10.0. The number of hydrogen-bond donors (Lipinski definition) is 1. The summed E-state index contributed by atoms with van der Waals surface area (Å²) >= 11 is 0. The molecule has 0 aromatic heterocycles. The number of hydrogen-bond acceptors (Lipinski definition) is 2. The zero-order chi connectivity index (χ0) is 13.3. The highest BCUT2D eigenvalue weighted by atomic mass is 16.3. The van der Waals surface area contributed by atoms with Gasteiger partial charge in [-0.15, -0.1) is 0 Å². The van der Waals surface area contributed by atoms with Crippen molar-refractivity contribution in [1.82, 2.24) is 4.90 Å². The number of aliphatic hydroxyl groups excluding tert-OH is 1. The molecule has 1 N–H and O–H groups in total. The molecular formula is C16H21NO2. The van der Waals surface area contributed by atoms with Crippen molar-refractivity contribution in [2.45, 2.75) is 44.8 Å². The van der Waals surface area contributed by atoms with Gasteiger partial charge in [-0.25, -0.2) is 0 Å². The molecule has 3 rings (SSSR count). The number of aliphatic hydroxyl groups is 1. The Labute approximate surface area is 114 Å². The van der Waals surface area contributed by atoms with E-state index in [9.17, 15) is 9.90 Å². The Balaban J connectivity index is 1.75. The highest BCUT2D eigenvalue weighted by Crippen LogP contribution is 2.44. The zero-order valence-corrected chi connectivity index (χ0v) is 11.2. The van der Waals surface area contributed by atoms with E-state index in [1.807, 2.05) is 35.2 Å². The minimum Gasteiger partial charge on any atom is -0.383 e. The van der Waals surface area contributed by atoms with E-state index in [-0.39, 0.29) is 11.3 Å². The Morgan fingerprint density at radius 1 is 1.16 bits per heavy atom. The Bertz CT molecular complexity index is 451. The van der Waals surface area contributed by atoms with Gasteiger partial charge in [0.1, 0.15) is 6.10 Å². The first-order chi connectivity index (χ1) is 9.21. The van der Waals surface area contributed by atoms with Gasteiger partial charge in [0.15, 0.2) is 0 Å². The fourth-order valence-corrected chi connectivity index (χ4v) is 3.60. The molecule has 1 atom stereocenters. The number of likely N-dealkylation sites (tertiary alicyclic amines) is 1. The molecule has 0 bridgehead atoms. The van der Waals surface area contributed by atoms with Crippen molar-refractivity contribution in [2.75, 3.05) is 6.54 Å². The Morgan fingerprint density at radius 2 is 1.84 bits per heavy atom. The van der Waals surface area contributed by atoms with Gasteiger partial charge in [0.05, 0.1) is 0 Å². The van der Waals surface area contributed by atoms with Crippen molar-refractivity contribution in [3.8, 4) is 0 Å². The predicted octanol–water partition coefficient (Wildman–Crippen LogP) is 2.34. The molecular weight excluding hydrogens is 238 g/mol. The lowest BCUT2D eigenvalue weighted by atomic mass is 9.72. The van der Waals surface area contributed by atoms with E-state index < -0.39 is 6.10 Å². The van der Waals surface area contributed by atoms with Crippen LogP contribution in [0.25, 0.3) is 0 Å². The molecule has 19 heavy (non-hydrogen) atoms. The normalized spacial score (nSPS) is 26.1. The van der Waals surface area contributed by atoms with Crippen molar-refractivity contribution < 1.29 is 9.90 Å². The van der Waals surface area contributed by atoms with Crippen molar-refractivity contribution in [3.63, 3.8) is 0 Å². The summed E-state index contributed by atoms with van der Waals surface area (Å²) < 4.78 is 0. The van der Waals surface area contributed by atoms with Crippen molar-refractivity contribution in [2.24, 2.45) is 5.41 Å². The second-order valence-electron chi connectivity index (χ2n) is 6.01. The van der Waals surface area contributed by atoms with E-state index in [0.29, 0.717) is 6.54 Å². The summed E-state index contributed by atoms with van der Waals surface area (Å²) in [6.07, 6.45) is 4.72. The van der Waals surface area contributed by atoms with Crippen LogP contribution in [0.2, 0.25) is 0 Å². The number of amides is 1. The number of nitrogens with zero attached hydrogens (tertiary/aromatic N) is 1. The average Bonchev–Trinajstić information content (AvgIpc) is 2.67. The van der Waals surface area contributed by atoms with Crippen LogP contribution in [0.4, 0.5) is 0 Å². The molecule has 1 spiro atoms. The molecule has 0 radical (unpaired) electrons. The van der Waals surface area contributed by atoms with Crippen LogP contribution >= 0.6 is 0 Å². The van der Waals surface area contributed by atoms with Gasteiger partial charge in [0, 0.05) is 18.5 Å². The van der Waals surface area contributed by atoms with Crippen LogP contribution in [0.3, 0.4) is 0 Å². The third-order valence-corrected chi connectivity index (χ3v) is 4.70. The Hall–Kier alpha value is -1.35. The topological polar surface area (TPSA) is 40.5 Å². The van der Waals surface area contributed by atoms with Gasteiger partial charge in [-0.3, -0.25) is 4.79 Å². The van der Waals surface area contributed by atoms with Crippen molar-refractivity contribution >= 4 is 5.91 Å². The second kappa shape index (κ2) is 4.97. The van der Waals surface area contributed by atoms with Crippen LogP contribution in [0, 0.1) is 5.41 Å².